The third-order valence-electron chi connectivity index (χ3n) is 6.75. The molecule has 16 heteroatoms. The molecule has 226 valence electrons. The molecule has 0 saturated carbocycles. The van der Waals surface area contributed by atoms with E-state index in [1.807, 2.05) is 0 Å². The Morgan fingerprint density at radius 2 is 1.86 bits per heavy atom. The topological polar surface area (TPSA) is 176 Å². The fourth-order valence-corrected chi connectivity index (χ4v) is 5.58. The lowest BCUT2D eigenvalue weighted by Gasteiger charge is -2.36. The largest absolute Gasteiger partial charge is 0.478 e. The van der Waals surface area contributed by atoms with Gasteiger partial charge in [-0.1, -0.05) is 23.7 Å². The average molecular weight is 640 g/mol. The molecule has 0 aliphatic carbocycles. The highest BCUT2D eigenvalue weighted by atomic mass is 35.5. The standard InChI is InChI=1S/C28H23ClFN7O6S/c1-44(42,43)33-22-4-2-3-19-18(22)13-14-36(26(19)27(39)32-17-7-5-16(6-8-17)28(40)41)24(38)12-9-20-23(37-15-31-34-35-37)11-10-21(29)25(20)30/h2-12,15,26,33H,13-14H2,1H3,(H,32,39)(H,40,41)/b12-9+. The van der Waals surface area contributed by atoms with Gasteiger partial charge in [0.15, 0.2) is 5.82 Å². The molecular weight excluding hydrogens is 617 g/mol. The normalized spacial score (nSPS) is 14.7. The lowest BCUT2D eigenvalue weighted by atomic mass is 9.90. The molecule has 0 fully saturated rings. The second kappa shape index (κ2) is 12.2. The molecule has 1 atom stereocenters. The van der Waals surface area contributed by atoms with Gasteiger partial charge in [-0.2, -0.15) is 4.68 Å². The number of tetrazole rings is 1. The number of amides is 2. The lowest BCUT2D eigenvalue weighted by molar-refractivity contribution is -0.135. The van der Waals surface area contributed by atoms with Crippen molar-refractivity contribution in [2.75, 3.05) is 22.8 Å². The van der Waals surface area contributed by atoms with Gasteiger partial charge in [0.05, 0.1) is 28.2 Å². The number of carbonyl (C=O) groups is 3. The summed E-state index contributed by atoms with van der Waals surface area (Å²) in [4.78, 5) is 39.9. The summed E-state index contributed by atoms with van der Waals surface area (Å²) in [6.45, 7) is 0.00650. The van der Waals surface area contributed by atoms with Crippen molar-refractivity contribution in [1.82, 2.24) is 25.1 Å². The van der Waals surface area contributed by atoms with Crippen LogP contribution in [0.5, 0.6) is 0 Å². The predicted octanol–water partition coefficient (Wildman–Crippen LogP) is 3.30. The highest BCUT2D eigenvalue weighted by Crippen LogP contribution is 2.36. The molecule has 3 N–H and O–H groups in total. The molecule has 4 aromatic rings. The van der Waals surface area contributed by atoms with E-state index in [1.165, 1.54) is 58.4 Å². The van der Waals surface area contributed by atoms with E-state index in [2.05, 4.69) is 25.6 Å². The van der Waals surface area contributed by atoms with Gasteiger partial charge >= 0.3 is 5.97 Å². The van der Waals surface area contributed by atoms with E-state index in [0.29, 0.717) is 11.1 Å². The van der Waals surface area contributed by atoms with Crippen LogP contribution in [0.3, 0.4) is 0 Å². The minimum absolute atomic E-state index is 0.00650. The number of sulfonamides is 1. The molecule has 0 bridgehead atoms. The van der Waals surface area contributed by atoms with Gasteiger partial charge in [-0.05, 0) is 76.5 Å². The summed E-state index contributed by atoms with van der Waals surface area (Å²) in [5.74, 6) is -3.25. The molecule has 2 amide bonds. The van der Waals surface area contributed by atoms with E-state index in [0.717, 1.165) is 12.3 Å². The van der Waals surface area contributed by atoms with Crippen molar-refractivity contribution in [2.45, 2.75) is 12.5 Å². The Bertz CT molecular complexity index is 1900. The first kappa shape index (κ1) is 30.3. The van der Waals surface area contributed by atoms with E-state index in [-0.39, 0.29) is 46.2 Å². The number of carbonyl (C=O) groups excluding carboxylic acids is 2. The number of aromatic nitrogens is 4. The molecule has 0 spiro atoms. The first-order valence-corrected chi connectivity index (χ1v) is 15.1. The summed E-state index contributed by atoms with van der Waals surface area (Å²) in [6.07, 6.45) is 4.74. The second-order valence-electron chi connectivity index (χ2n) is 9.69. The molecule has 1 aromatic heterocycles. The molecule has 0 saturated heterocycles. The van der Waals surface area contributed by atoms with Crippen LogP contribution in [0, 0.1) is 5.82 Å². The van der Waals surface area contributed by atoms with Crippen molar-refractivity contribution >= 4 is 56.9 Å². The molecule has 0 radical (unpaired) electrons. The van der Waals surface area contributed by atoms with Gasteiger partial charge in [0.25, 0.3) is 5.91 Å². The number of hydrogen-bond donors (Lipinski definition) is 3. The van der Waals surface area contributed by atoms with E-state index in [9.17, 15) is 27.9 Å². The number of nitrogens with one attached hydrogen (secondary N) is 2. The summed E-state index contributed by atoms with van der Waals surface area (Å²) in [6, 6.07) is 11.7. The minimum Gasteiger partial charge on any atom is -0.478 e. The third kappa shape index (κ3) is 6.43. The zero-order valence-corrected chi connectivity index (χ0v) is 24.4. The maximum absolute atomic E-state index is 15.1. The Morgan fingerprint density at radius 3 is 2.52 bits per heavy atom. The van der Waals surface area contributed by atoms with E-state index in [4.69, 9.17) is 11.6 Å². The van der Waals surface area contributed by atoms with Gasteiger partial charge in [0.1, 0.15) is 12.4 Å². The molecule has 1 unspecified atom stereocenters. The highest BCUT2D eigenvalue weighted by molar-refractivity contribution is 7.92. The molecule has 5 rings (SSSR count). The van der Waals surface area contributed by atoms with Crippen LogP contribution in [0.4, 0.5) is 15.8 Å². The minimum atomic E-state index is -3.66. The lowest BCUT2D eigenvalue weighted by Crippen LogP contribution is -2.45. The van der Waals surface area contributed by atoms with E-state index >= 15 is 4.39 Å². The fraction of sp³-hybridized carbons (Fsp3) is 0.143. The number of benzene rings is 3. The number of carboxylic acids is 1. The Morgan fingerprint density at radius 1 is 1.11 bits per heavy atom. The summed E-state index contributed by atoms with van der Waals surface area (Å²) >= 11 is 6.00. The molecule has 1 aliphatic rings. The van der Waals surface area contributed by atoms with Gasteiger partial charge in [-0.15, -0.1) is 5.10 Å². The summed E-state index contributed by atoms with van der Waals surface area (Å²) < 4.78 is 42.8. The fourth-order valence-electron chi connectivity index (χ4n) is 4.83. The van der Waals surface area contributed by atoms with Gasteiger partial charge < -0.3 is 15.3 Å². The third-order valence-corrected chi connectivity index (χ3v) is 7.63. The number of nitrogens with zero attached hydrogens (tertiary/aromatic N) is 5. The van der Waals surface area contributed by atoms with Crippen LogP contribution in [0.2, 0.25) is 5.02 Å². The Labute approximate surface area is 255 Å². The highest BCUT2D eigenvalue weighted by Gasteiger charge is 2.36. The molecule has 44 heavy (non-hydrogen) atoms. The summed E-state index contributed by atoms with van der Waals surface area (Å²) in [5, 5.41) is 22.5. The first-order chi connectivity index (χ1) is 20.9. The number of carboxylic acid groups (broad SMARTS) is 1. The first-order valence-electron chi connectivity index (χ1n) is 12.9. The maximum Gasteiger partial charge on any atom is 0.335 e. The van der Waals surface area contributed by atoms with Crippen molar-refractivity contribution in [3.8, 4) is 5.69 Å². The van der Waals surface area contributed by atoms with Crippen LogP contribution >= 0.6 is 11.6 Å². The number of halogens is 2. The Hall–Kier alpha value is -5.15. The summed E-state index contributed by atoms with van der Waals surface area (Å²) in [5.41, 5.74) is 1.58. The average Bonchev–Trinajstić information content (AvgIpc) is 3.51. The Kier molecular flexibility index (Phi) is 8.42. The van der Waals surface area contributed by atoms with Crippen molar-refractivity contribution < 1.29 is 32.3 Å². The van der Waals surface area contributed by atoms with Crippen molar-refractivity contribution in [1.29, 1.82) is 0 Å². The van der Waals surface area contributed by atoms with Gasteiger partial charge in [0.2, 0.25) is 15.9 Å². The zero-order valence-electron chi connectivity index (χ0n) is 22.8. The molecular formula is C28H23ClFN7O6S. The molecule has 1 aliphatic heterocycles. The van der Waals surface area contributed by atoms with Crippen molar-refractivity contribution in [3.63, 3.8) is 0 Å². The van der Waals surface area contributed by atoms with Crippen LogP contribution in [0.25, 0.3) is 11.8 Å². The molecule has 3 aromatic carbocycles. The monoisotopic (exact) mass is 639 g/mol. The SMILES string of the molecule is CS(=O)(=O)Nc1cccc2c1CCN(C(=O)/C=C/c1c(-n3cnnn3)ccc(Cl)c1F)C2C(=O)Nc1ccc(C(=O)O)cc1. The van der Waals surface area contributed by atoms with Crippen LogP contribution in [0.1, 0.15) is 33.1 Å². The number of hydrogen-bond acceptors (Lipinski definition) is 8. The van der Waals surface area contributed by atoms with Gasteiger partial charge in [-0.3, -0.25) is 14.3 Å². The summed E-state index contributed by atoms with van der Waals surface area (Å²) in [7, 11) is -3.66. The van der Waals surface area contributed by atoms with Crippen molar-refractivity contribution in [2.24, 2.45) is 0 Å². The smallest absolute Gasteiger partial charge is 0.335 e. The number of aromatic carboxylic acids is 1. The quantitative estimate of drug-likeness (QED) is 0.244. The maximum atomic E-state index is 15.1. The van der Waals surface area contributed by atoms with E-state index in [1.54, 1.807) is 18.2 Å². The second-order valence-corrected chi connectivity index (χ2v) is 11.8. The van der Waals surface area contributed by atoms with E-state index < -0.39 is 39.7 Å². The van der Waals surface area contributed by atoms with Gasteiger partial charge in [0, 0.05) is 23.9 Å². The predicted molar refractivity (Wildman–Crippen MR) is 158 cm³/mol. The van der Waals surface area contributed by atoms with Gasteiger partial charge in [-0.25, -0.2) is 17.6 Å². The Balaban J connectivity index is 1.52. The zero-order chi connectivity index (χ0) is 31.6. The van der Waals surface area contributed by atoms with Crippen molar-refractivity contribution in [3.05, 3.63) is 100 Å². The van der Waals surface area contributed by atoms with Crippen LogP contribution in [0.15, 0.2) is 67.0 Å². The van der Waals surface area contributed by atoms with Crippen LogP contribution < -0.4 is 10.0 Å². The number of fused-ring (bicyclic) bond motifs is 1. The number of rotatable bonds is 8. The molecule has 13 nitrogen and oxygen atoms in total. The number of anilines is 2. The van der Waals surface area contributed by atoms with Crippen LogP contribution in [-0.4, -0.2) is 69.2 Å². The molecule has 2 heterocycles. The van der Waals surface area contributed by atoms with Crippen LogP contribution in [-0.2, 0) is 26.0 Å².